The van der Waals surface area contributed by atoms with E-state index >= 15 is 0 Å². The summed E-state index contributed by atoms with van der Waals surface area (Å²) in [6, 6.07) is 0. The van der Waals surface area contributed by atoms with Crippen molar-refractivity contribution in [3.63, 3.8) is 0 Å². The van der Waals surface area contributed by atoms with E-state index in [2.05, 4.69) is 40.3 Å². The molecular weight excluding hydrogens is 132 g/mol. The summed E-state index contributed by atoms with van der Waals surface area (Å²) in [6.45, 7) is 12.5. The molecule has 0 aliphatic heterocycles. The third kappa shape index (κ3) is 7.38. The molecule has 0 aliphatic rings. The maximum atomic E-state index is 3.89. The van der Waals surface area contributed by atoms with E-state index in [0.29, 0.717) is 5.92 Å². The van der Waals surface area contributed by atoms with E-state index in [4.69, 9.17) is 0 Å². The first-order valence-corrected chi connectivity index (χ1v) is 4.31. The van der Waals surface area contributed by atoms with Crippen LogP contribution >= 0.6 is 0 Å². The Morgan fingerprint density at radius 1 is 1.36 bits per heavy atom. The van der Waals surface area contributed by atoms with Gasteiger partial charge in [-0.1, -0.05) is 24.1 Å². The molecule has 1 atom stereocenters. The largest absolute Gasteiger partial charge is 0.100 e. The summed E-state index contributed by atoms with van der Waals surface area (Å²) in [5.41, 5.74) is 2.71. The van der Waals surface area contributed by atoms with Gasteiger partial charge in [-0.25, -0.2) is 0 Å². The van der Waals surface area contributed by atoms with E-state index in [9.17, 15) is 0 Å². The van der Waals surface area contributed by atoms with Gasteiger partial charge in [-0.05, 0) is 39.5 Å². The molecule has 0 heteroatoms. The van der Waals surface area contributed by atoms with Gasteiger partial charge < -0.3 is 0 Å². The number of hydrogen-bond donors (Lipinski definition) is 0. The molecule has 0 rings (SSSR count). The van der Waals surface area contributed by atoms with Crippen LogP contribution in [0, 0.1) is 5.92 Å². The molecule has 0 saturated carbocycles. The Bertz CT molecular complexity index is 147. The van der Waals surface area contributed by atoms with E-state index in [1.807, 2.05) is 0 Å². The highest BCUT2D eigenvalue weighted by atomic mass is 14.0. The lowest BCUT2D eigenvalue weighted by molar-refractivity contribution is 0.641. The standard InChI is InChI=1S/C11H20/c1-9(2)6-7-11(5)8-10(3)4/h8,11H,1,6-7H2,2-5H3. The van der Waals surface area contributed by atoms with Gasteiger partial charge in [0, 0.05) is 0 Å². The lowest BCUT2D eigenvalue weighted by Crippen LogP contribution is -1.90. The van der Waals surface area contributed by atoms with Gasteiger partial charge in [-0.2, -0.15) is 0 Å². The average Bonchev–Trinajstić information content (AvgIpc) is 1.82. The summed E-state index contributed by atoms with van der Waals surface area (Å²) >= 11 is 0. The Kier molecular flexibility index (Phi) is 4.93. The van der Waals surface area contributed by atoms with Crippen LogP contribution < -0.4 is 0 Å². The highest BCUT2D eigenvalue weighted by Crippen LogP contribution is 2.12. The van der Waals surface area contributed by atoms with E-state index < -0.39 is 0 Å². The van der Waals surface area contributed by atoms with Crippen LogP contribution in [0.2, 0.25) is 0 Å². The molecule has 0 heterocycles. The van der Waals surface area contributed by atoms with Crippen LogP contribution in [0.25, 0.3) is 0 Å². The second-order valence-corrected chi connectivity index (χ2v) is 3.72. The molecule has 64 valence electrons. The Balaban J connectivity index is 3.61. The molecule has 0 aliphatic carbocycles. The minimum atomic E-state index is 0.705. The zero-order chi connectivity index (χ0) is 8.85. The zero-order valence-corrected chi connectivity index (χ0v) is 8.28. The maximum Gasteiger partial charge on any atom is -0.0256 e. The van der Waals surface area contributed by atoms with Crippen molar-refractivity contribution < 1.29 is 0 Å². The smallest absolute Gasteiger partial charge is 0.0256 e. The van der Waals surface area contributed by atoms with Crippen LogP contribution in [0.5, 0.6) is 0 Å². The first kappa shape index (κ1) is 10.5. The molecule has 0 spiro atoms. The van der Waals surface area contributed by atoms with Crippen molar-refractivity contribution in [3.8, 4) is 0 Å². The van der Waals surface area contributed by atoms with Crippen LogP contribution in [-0.2, 0) is 0 Å². The fourth-order valence-electron chi connectivity index (χ4n) is 1.13. The summed E-state index contributed by atoms with van der Waals surface area (Å²) in [4.78, 5) is 0. The molecule has 0 aromatic heterocycles. The van der Waals surface area contributed by atoms with Crippen molar-refractivity contribution >= 4 is 0 Å². The fraction of sp³-hybridized carbons (Fsp3) is 0.636. The summed E-state index contributed by atoms with van der Waals surface area (Å²) in [5, 5.41) is 0. The number of hydrogen-bond acceptors (Lipinski definition) is 0. The SMILES string of the molecule is C=C(C)CCC(C)C=C(C)C. The Labute approximate surface area is 71.0 Å². The minimum absolute atomic E-state index is 0.705. The molecule has 0 bridgehead atoms. The molecule has 0 aromatic carbocycles. The maximum absolute atomic E-state index is 3.89. The van der Waals surface area contributed by atoms with Gasteiger partial charge in [0.2, 0.25) is 0 Å². The quantitative estimate of drug-likeness (QED) is 0.535. The van der Waals surface area contributed by atoms with Crippen molar-refractivity contribution in [3.05, 3.63) is 23.8 Å². The van der Waals surface area contributed by atoms with E-state index in [-0.39, 0.29) is 0 Å². The lowest BCUT2D eigenvalue weighted by Gasteiger charge is -2.05. The third-order valence-corrected chi connectivity index (χ3v) is 1.64. The highest BCUT2D eigenvalue weighted by Gasteiger charge is 1.96. The van der Waals surface area contributed by atoms with Crippen LogP contribution in [0.15, 0.2) is 23.8 Å². The van der Waals surface area contributed by atoms with Gasteiger partial charge in [0.15, 0.2) is 0 Å². The topological polar surface area (TPSA) is 0 Å². The van der Waals surface area contributed by atoms with Crippen molar-refractivity contribution in [2.45, 2.75) is 40.5 Å². The number of allylic oxidation sites excluding steroid dienone is 3. The highest BCUT2D eigenvalue weighted by molar-refractivity contribution is 4.97. The summed E-state index contributed by atoms with van der Waals surface area (Å²) in [7, 11) is 0. The second-order valence-electron chi connectivity index (χ2n) is 3.72. The van der Waals surface area contributed by atoms with E-state index in [1.165, 1.54) is 17.6 Å². The van der Waals surface area contributed by atoms with Gasteiger partial charge in [0.05, 0.1) is 0 Å². The van der Waals surface area contributed by atoms with Crippen molar-refractivity contribution in [1.29, 1.82) is 0 Å². The van der Waals surface area contributed by atoms with Crippen LogP contribution in [0.3, 0.4) is 0 Å². The Morgan fingerprint density at radius 3 is 2.27 bits per heavy atom. The zero-order valence-electron chi connectivity index (χ0n) is 8.28. The Hall–Kier alpha value is -0.520. The molecular formula is C11H20. The minimum Gasteiger partial charge on any atom is -0.100 e. The van der Waals surface area contributed by atoms with E-state index in [0.717, 1.165) is 6.42 Å². The summed E-state index contributed by atoms with van der Waals surface area (Å²) < 4.78 is 0. The molecule has 11 heavy (non-hydrogen) atoms. The average molecular weight is 152 g/mol. The summed E-state index contributed by atoms with van der Waals surface area (Å²) in [6.07, 6.45) is 4.72. The molecule has 0 radical (unpaired) electrons. The third-order valence-electron chi connectivity index (χ3n) is 1.64. The lowest BCUT2D eigenvalue weighted by atomic mass is 10.0. The van der Waals surface area contributed by atoms with Crippen molar-refractivity contribution in [1.82, 2.24) is 0 Å². The molecule has 1 unspecified atom stereocenters. The monoisotopic (exact) mass is 152 g/mol. The molecule has 0 aromatic rings. The van der Waals surface area contributed by atoms with Crippen LogP contribution in [0.4, 0.5) is 0 Å². The van der Waals surface area contributed by atoms with E-state index in [1.54, 1.807) is 0 Å². The van der Waals surface area contributed by atoms with Crippen molar-refractivity contribution in [2.75, 3.05) is 0 Å². The van der Waals surface area contributed by atoms with Gasteiger partial charge in [0.1, 0.15) is 0 Å². The predicted molar refractivity (Wildman–Crippen MR) is 52.6 cm³/mol. The van der Waals surface area contributed by atoms with Gasteiger partial charge in [0.25, 0.3) is 0 Å². The molecule has 0 nitrogen and oxygen atoms in total. The summed E-state index contributed by atoms with van der Waals surface area (Å²) in [5.74, 6) is 0.705. The second kappa shape index (κ2) is 5.17. The van der Waals surface area contributed by atoms with Gasteiger partial charge >= 0.3 is 0 Å². The van der Waals surface area contributed by atoms with Crippen molar-refractivity contribution in [2.24, 2.45) is 5.92 Å². The first-order chi connectivity index (χ1) is 5.02. The molecule has 0 amide bonds. The van der Waals surface area contributed by atoms with Gasteiger partial charge in [-0.3, -0.25) is 0 Å². The van der Waals surface area contributed by atoms with Crippen LogP contribution in [-0.4, -0.2) is 0 Å². The number of rotatable bonds is 4. The fourth-order valence-corrected chi connectivity index (χ4v) is 1.13. The normalized spacial score (nSPS) is 12.4. The van der Waals surface area contributed by atoms with Gasteiger partial charge in [-0.15, -0.1) is 6.58 Å². The predicted octanol–water partition coefficient (Wildman–Crippen LogP) is 3.95. The van der Waals surface area contributed by atoms with Crippen LogP contribution in [0.1, 0.15) is 40.5 Å². The molecule has 0 saturated heterocycles. The Morgan fingerprint density at radius 2 is 1.91 bits per heavy atom. The molecule has 0 fully saturated rings. The first-order valence-electron chi connectivity index (χ1n) is 4.31. The molecule has 0 N–H and O–H groups in total.